The lowest BCUT2D eigenvalue weighted by atomic mass is 9.92. The number of rotatable bonds is 4. The minimum absolute atomic E-state index is 0.0139. The number of aliphatic hydroxyl groups is 1. The second kappa shape index (κ2) is 5.22. The molecule has 0 aromatic rings. The number of nitrogens with one attached hydrogen (secondary N) is 1. The van der Waals surface area contributed by atoms with E-state index in [-0.39, 0.29) is 11.3 Å². The van der Waals surface area contributed by atoms with Crippen molar-refractivity contribution in [2.24, 2.45) is 5.41 Å². The third kappa shape index (κ3) is 7.78. The van der Waals surface area contributed by atoms with Crippen LogP contribution in [0.4, 0.5) is 0 Å². The fourth-order valence-electron chi connectivity index (χ4n) is 0.920. The number of aliphatic hydroxyl groups excluding tert-OH is 1. The summed E-state index contributed by atoms with van der Waals surface area (Å²) in [6.45, 7) is 8.31. The maximum absolute atomic E-state index is 11.3. The number of carbonyl (C=O) groups is 1. The van der Waals surface area contributed by atoms with Crippen LogP contribution in [0.3, 0.4) is 0 Å². The molecule has 0 rings (SSSR count). The van der Waals surface area contributed by atoms with Gasteiger partial charge in [0.15, 0.2) is 0 Å². The Morgan fingerprint density at radius 2 is 2.00 bits per heavy atom. The first-order valence-corrected chi connectivity index (χ1v) is 4.80. The van der Waals surface area contributed by atoms with Crippen LogP contribution < -0.4 is 5.32 Å². The Balaban J connectivity index is 3.64. The largest absolute Gasteiger partial charge is 0.391 e. The molecule has 0 radical (unpaired) electrons. The van der Waals surface area contributed by atoms with Crippen LogP contribution in [0, 0.1) is 5.41 Å². The molecule has 0 aliphatic rings. The Morgan fingerprint density at radius 3 is 2.38 bits per heavy atom. The van der Waals surface area contributed by atoms with Crippen LogP contribution >= 0.6 is 0 Å². The van der Waals surface area contributed by atoms with Crippen LogP contribution in [0.15, 0.2) is 0 Å². The highest BCUT2D eigenvalue weighted by atomic mass is 16.3. The topological polar surface area (TPSA) is 49.3 Å². The predicted octanol–water partition coefficient (Wildman–Crippen LogP) is 1.31. The van der Waals surface area contributed by atoms with Gasteiger partial charge in [-0.15, -0.1) is 0 Å². The van der Waals surface area contributed by atoms with Gasteiger partial charge in [0.1, 0.15) is 0 Å². The molecule has 3 heteroatoms. The van der Waals surface area contributed by atoms with Gasteiger partial charge in [-0.3, -0.25) is 4.79 Å². The monoisotopic (exact) mass is 187 g/mol. The summed E-state index contributed by atoms with van der Waals surface area (Å²) >= 11 is 0. The van der Waals surface area contributed by atoms with Crippen LogP contribution in [0.5, 0.6) is 0 Å². The van der Waals surface area contributed by atoms with Crippen molar-refractivity contribution in [3.63, 3.8) is 0 Å². The SMILES string of the molecule is CCC(O)CNC(=O)CC(C)(C)C. The van der Waals surface area contributed by atoms with E-state index in [1.165, 1.54) is 0 Å². The average molecular weight is 187 g/mol. The van der Waals surface area contributed by atoms with Crippen molar-refractivity contribution < 1.29 is 9.90 Å². The maximum atomic E-state index is 11.3. The van der Waals surface area contributed by atoms with Crippen molar-refractivity contribution in [2.45, 2.75) is 46.6 Å². The molecular formula is C10H21NO2. The molecule has 0 aromatic heterocycles. The Bertz CT molecular complexity index is 161. The Kier molecular flexibility index (Phi) is 4.99. The van der Waals surface area contributed by atoms with Gasteiger partial charge in [-0.2, -0.15) is 0 Å². The minimum atomic E-state index is -0.413. The van der Waals surface area contributed by atoms with Gasteiger partial charge in [0.2, 0.25) is 5.91 Å². The van der Waals surface area contributed by atoms with Gasteiger partial charge in [-0.05, 0) is 11.8 Å². The smallest absolute Gasteiger partial charge is 0.220 e. The highest BCUT2D eigenvalue weighted by Gasteiger charge is 2.15. The molecule has 0 saturated heterocycles. The highest BCUT2D eigenvalue weighted by Crippen LogP contribution is 2.17. The van der Waals surface area contributed by atoms with E-state index in [9.17, 15) is 9.90 Å². The van der Waals surface area contributed by atoms with Crippen molar-refractivity contribution in [3.8, 4) is 0 Å². The first-order chi connectivity index (χ1) is 5.85. The normalized spacial score (nSPS) is 13.9. The fourth-order valence-corrected chi connectivity index (χ4v) is 0.920. The molecule has 0 spiro atoms. The Morgan fingerprint density at radius 1 is 1.46 bits per heavy atom. The van der Waals surface area contributed by atoms with Crippen molar-refractivity contribution >= 4 is 5.91 Å². The van der Waals surface area contributed by atoms with Crippen LogP contribution in [0.1, 0.15) is 40.5 Å². The van der Waals surface area contributed by atoms with E-state index >= 15 is 0 Å². The number of hydrogen-bond donors (Lipinski definition) is 2. The zero-order valence-corrected chi connectivity index (χ0v) is 9.05. The molecule has 2 N–H and O–H groups in total. The van der Waals surface area contributed by atoms with Gasteiger partial charge >= 0.3 is 0 Å². The first-order valence-electron chi connectivity index (χ1n) is 4.80. The molecule has 0 saturated carbocycles. The summed E-state index contributed by atoms with van der Waals surface area (Å²) in [4.78, 5) is 11.3. The summed E-state index contributed by atoms with van der Waals surface area (Å²) in [5.74, 6) is 0.0139. The second-order valence-corrected chi connectivity index (χ2v) is 4.60. The first kappa shape index (κ1) is 12.4. The molecule has 78 valence electrons. The van der Waals surface area contributed by atoms with E-state index < -0.39 is 6.10 Å². The van der Waals surface area contributed by atoms with Crippen LogP contribution in [0.25, 0.3) is 0 Å². The summed E-state index contributed by atoms with van der Waals surface area (Å²) in [6, 6.07) is 0. The van der Waals surface area contributed by atoms with E-state index in [1.54, 1.807) is 0 Å². The molecule has 3 nitrogen and oxygen atoms in total. The van der Waals surface area contributed by atoms with E-state index in [0.29, 0.717) is 19.4 Å². The molecule has 0 heterocycles. The van der Waals surface area contributed by atoms with Gasteiger partial charge in [0.25, 0.3) is 0 Å². The summed E-state index contributed by atoms with van der Waals surface area (Å²) in [5.41, 5.74) is 0.0151. The molecule has 1 amide bonds. The molecule has 1 atom stereocenters. The van der Waals surface area contributed by atoms with Gasteiger partial charge in [-0.25, -0.2) is 0 Å². The summed E-state index contributed by atoms with van der Waals surface area (Å²) < 4.78 is 0. The molecule has 13 heavy (non-hydrogen) atoms. The van der Waals surface area contributed by atoms with Gasteiger partial charge in [0, 0.05) is 13.0 Å². The fraction of sp³-hybridized carbons (Fsp3) is 0.900. The zero-order chi connectivity index (χ0) is 10.5. The van der Waals surface area contributed by atoms with E-state index in [1.807, 2.05) is 27.7 Å². The quantitative estimate of drug-likeness (QED) is 0.697. The molecule has 0 fully saturated rings. The van der Waals surface area contributed by atoms with E-state index in [0.717, 1.165) is 0 Å². The minimum Gasteiger partial charge on any atom is -0.391 e. The lowest BCUT2D eigenvalue weighted by Gasteiger charge is -2.18. The lowest BCUT2D eigenvalue weighted by Crippen LogP contribution is -2.33. The average Bonchev–Trinajstić information content (AvgIpc) is 1.97. The number of carbonyl (C=O) groups excluding carboxylic acids is 1. The van der Waals surface area contributed by atoms with Gasteiger partial charge in [-0.1, -0.05) is 27.7 Å². The van der Waals surface area contributed by atoms with Crippen molar-refractivity contribution in [1.29, 1.82) is 0 Å². The Labute approximate surface area is 80.5 Å². The second-order valence-electron chi connectivity index (χ2n) is 4.60. The van der Waals surface area contributed by atoms with Crippen LogP contribution in [-0.2, 0) is 4.79 Å². The molecule has 0 aromatic carbocycles. The van der Waals surface area contributed by atoms with Crippen molar-refractivity contribution in [3.05, 3.63) is 0 Å². The summed E-state index contributed by atoms with van der Waals surface area (Å²) in [6.07, 6.45) is 0.767. The molecule has 1 unspecified atom stereocenters. The standard InChI is InChI=1S/C10H21NO2/c1-5-8(12)7-11-9(13)6-10(2,3)4/h8,12H,5-7H2,1-4H3,(H,11,13). The molecule has 0 aliphatic carbocycles. The summed E-state index contributed by atoms with van der Waals surface area (Å²) in [7, 11) is 0. The predicted molar refractivity (Wildman–Crippen MR) is 53.4 cm³/mol. The summed E-state index contributed by atoms with van der Waals surface area (Å²) in [5, 5.41) is 11.9. The Hall–Kier alpha value is -0.570. The zero-order valence-electron chi connectivity index (χ0n) is 9.05. The van der Waals surface area contributed by atoms with Gasteiger partial charge < -0.3 is 10.4 Å². The van der Waals surface area contributed by atoms with Crippen LogP contribution in [-0.4, -0.2) is 23.7 Å². The lowest BCUT2D eigenvalue weighted by molar-refractivity contribution is -0.123. The van der Waals surface area contributed by atoms with E-state index in [4.69, 9.17) is 0 Å². The molecule has 0 bridgehead atoms. The molecular weight excluding hydrogens is 166 g/mol. The van der Waals surface area contributed by atoms with Gasteiger partial charge in [0.05, 0.1) is 6.10 Å². The van der Waals surface area contributed by atoms with Crippen molar-refractivity contribution in [1.82, 2.24) is 5.32 Å². The van der Waals surface area contributed by atoms with Crippen LogP contribution in [0.2, 0.25) is 0 Å². The highest BCUT2D eigenvalue weighted by molar-refractivity contribution is 5.76. The third-order valence-electron chi connectivity index (χ3n) is 1.70. The maximum Gasteiger partial charge on any atom is 0.220 e. The number of hydrogen-bond acceptors (Lipinski definition) is 2. The van der Waals surface area contributed by atoms with E-state index in [2.05, 4.69) is 5.32 Å². The van der Waals surface area contributed by atoms with Crippen molar-refractivity contribution in [2.75, 3.05) is 6.54 Å². The third-order valence-corrected chi connectivity index (χ3v) is 1.70. The molecule has 0 aliphatic heterocycles. The number of amides is 1.